The van der Waals surface area contributed by atoms with Crippen molar-refractivity contribution in [1.82, 2.24) is 10.2 Å². The third kappa shape index (κ3) is 4.13. The zero-order valence-electron chi connectivity index (χ0n) is 12.9. The highest BCUT2D eigenvalue weighted by atomic mass is 35.5. The number of rotatable bonds is 6. The molecule has 3 nitrogen and oxygen atoms in total. The molecular formula is C17H29ClN2O. The number of carbonyl (C=O) groups excluding carboxylic acids is 1. The summed E-state index contributed by atoms with van der Waals surface area (Å²) in [6.45, 7) is 2.13. The van der Waals surface area contributed by atoms with Crippen molar-refractivity contribution in [2.45, 2.75) is 69.9 Å². The molecule has 0 radical (unpaired) electrons. The van der Waals surface area contributed by atoms with E-state index in [9.17, 15) is 4.79 Å². The summed E-state index contributed by atoms with van der Waals surface area (Å²) in [5.74, 6) is 2.79. The highest BCUT2D eigenvalue weighted by Crippen LogP contribution is 2.36. The largest absolute Gasteiger partial charge is 0.342 e. The second-order valence-corrected chi connectivity index (χ2v) is 7.86. The molecule has 4 heteroatoms. The number of nitrogens with one attached hydrogen (secondary N) is 1. The maximum Gasteiger partial charge on any atom is 0.222 e. The highest BCUT2D eigenvalue weighted by Gasteiger charge is 2.36. The van der Waals surface area contributed by atoms with E-state index in [1.165, 1.54) is 51.4 Å². The lowest BCUT2D eigenvalue weighted by Crippen LogP contribution is -2.41. The third-order valence-electron chi connectivity index (χ3n) is 5.74. The first-order chi connectivity index (χ1) is 9.76. The van der Waals surface area contributed by atoms with Crippen molar-refractivity contribution in [1.29, 1.82) is 0 Å². The molecule has 2 unspecified atom stereocenters. The van der Waals surface area contributed by atoms with Crippen LogP contribution in [-0.4, -0.2) is 36.0 Å². The van der Waals surface area contributed by atoms with Crippen LogP contribution < -0.4 is 5.32 Å². The zero-order chi connectivity index (χ0) is 13.5. The molecule has 0 aromatic heterocycles. The number of carbonyl (C=O) groups is 1. The van der Waals surface area contributed by atoms with Crippen molar-refractivity contribution in [3.63, 3.8) is 0 Å². The van der Waals surface area contributed by atoms with E-state index in [1.807, 2.05) is 0 Å². The van der Waals surface area contributed by atoms with Crippen LogP contribution in [0.4, 0.5) is 0 Å². The lowest BCUT2D eigenvalue weighted by Gasteiger charge is -2.31. The van der Waals surface area contributed by atoms with E-state index in [2.05, 4.69) is 10.2 Å². The van der Waals surface area contributed by atoms with Gasteiger partial charge < -0.3 is 10.2 Å². The number of hydrogen-bond donors (Lipinski definition) is 1. The molecule has 0 aromatic carbocycles. The molecule has 21 heavy (non-hydrogen) atoms. The number of hydrogen-bond acceptors (Lipinski definition) is 2. The quantitative estimate of drug-likeness (QED) is 0.818. The van der Waals surface area contributed by atoms with Crippen molar-refractivity contribution in [3.05, 3.63) is 0 Å². The van der Waals surface area contributed by atoms with Gasteiger partial charge in [-0.2, -0.15) is 0 Å². The van der Waals surface area contributed by atoms with E-state index < -0.39 is 0 Å². The summed E-state index contributed by atoms with van der Waals surface area (Å²) >= 11 is 0. The minimum Gasteiger partial charge on any atom is -0.342 e. The first kappa shape index (κ1) is 15.6. The van der Waals surface area contributed by atoms with E-state index in [0.29, 0.717) is 23.9 Å². The second kappa shape index (κ2) is 6.45. The number of fused-ring (bicyclic) bond motifs is 2. The molecule has 120 valence electrons. The maximum atomic E-state index is 12.7. The van der Waals surface area contributed by atoms with Crippen molar-refractivity contribution < 1.29 is 4.79 Å². The molecule has 2 bridgehead atoms. The number of amides is 1. The second-order valence-electron chi connectivity index (χ2n) is 7.86. The summed E-state index contributed by atoms with van der Waals surface area (Å²) in [5, 5.41) is 3.68. The average molecular weight is 313 g/mol. The van der Waals surface area contributed by atoms with Gasteiger partial charge in [-0.15, -0.1) is 12.4 Å². The van der Waals surface area contributed by atoms with Gasteiger partial charge in [-0.05, 0) is 69.1 Å². The number of halogens is 1. The Balaban J connectivity index is 0.00000132. The molecule has 0 aromatic rings. The summed E-state index contributed by atoms with van der Waals surface area (Å²) in [5.41, 5.74) is 0. The fourth-order valence-corrected chi connectivity index (χ4v) is 4.22. The van der Waals surface area contributed by atoms with E-state index in [4.69, 9.17) is 0 Å². The minimum absolute atomic E-state index is 0. The van der Waals surface area contributed by atoms with E-state index >= 15 is 0 Å². The molecule has 2 aliphatic heterocycles. The first-order valence-electron chi connectivity index (χ1n) is 8.80. The molecular weight excluding hydrogens is 284 g/mol. The van der Waals surface area contributed by atoms with Crippen molar-refractivity contribution in [2.24, 2.45) is 17.8 Å². The standard InChI is InChI=1S/C17H28N2O.ClH/c20-17(9-14-7-15-5-6-16(8-14)18-15)19(10-12-1-2-12)11-13-3-4-13;/h12-16,18H,1-11H2;1H. The Bertz CT molecular complexity index is 355. The minimum atomic E-state index is 0. The van der Waals surface area contributed by atoms with Crippen LogP contribution in [0.15, 0.2) is 0 Å². The van der Waals surface area contributed by atoms with Gasteiger partial charge in [0, 0.05) is 31.6 Å². The van der Waals surface area contributed by atoms with Crippen LogP contribution in [0.3, 0.4) is 0 Å². The Labute approximate surface area is 134 Å². The van der Waals surface area contributed by atoms with Gasteiger partial charge in [0.1, 0.15) is 0 Å². The molecule has 4 aliphatic rings. The topological polar surface area (TPSA) is 32.3 Å². The van der Waals surface area contributed by atoms with Crippen LogP contribution in [0.2, 0.25) is 0 Å². The smallest absolute Gasteiger partial charge is 0.222 e. The number of piperidine rings is 1. The van der Waals surface area contributed by atoms with Gasteiger partial charge in [-0.25, -0.2) is 0 Å². The lowest BCUT2D eigenvalue weighted by atomic mass is 9.89. The molecule has 0 spiro atoms. The summed E-state index contributed by atoms with van der Waals surface area (Å²) in [4.78, 5) is 14.9. The van der Waals surface area contributed by atoms with Gasteiger partial charge >= 0.3 is 0 Å². The molecule has 2 aliphatic carbocycles. The van der Waals surface area contributed by atoms with Crippen LogP contribution >= 0.6 is 12.4 Å². The van der Waals surface area contributed by atoms with Crippen LogP contribution in [0.25, 0.3) is 0 Å². The van der Waals surface area contributed by atoms with Crippen LogP contribution in [0, 0.1) is 17.8 Å². The molecule has 4 rings (SSSR count). The summed E-state index contributed by atoms with van der Waals surface area (Å²) < 4.78 is 0. The van der Waals surface area contributed by atoms with E-state index in [1.54, 1.807) is 0 Å². The normalized spacial score (nSPS) is 34.4. The Morgan fingerprint density at radius 2 is 1.38 bits per heavy atom. The van der Waals surface area contributed by atoms with Gasteiger partial charge in [-0.3, -0.25) is 4.79 Å². The molecule has 4 fully saturated rings. The van der Waals surface area contributed by atoms with Gasteiger partial charge in [0.15, 0.2) is 0 Å². The van der Waals surface area contributed by atoms with E-state index in [-0.39, 0.29) is 12.4 Å². The average Bonchev–Trinajstić information content (AvgIpc) is 3.32. The molecule has 2 saturated heterocycles. The van der Waals surface area contributed by atoms with E-state index in [0.717, 1.165) is 31.3 Å². The highest BCUT2D eigenvalue weighted by molar-refractivity contribution is 5.85. The van der Waals surface area contributed by atoms with Gasteiger partial charge in [0.05, 0.1) is 0 Å². The van der Waals surface area contributed by atoms with Crippen LogP contribution in [0.5, 0.6) is 0 Å². The number of nitrogens with zero attached hydrogens (tertiary/aromatic N) is 1. The van der Waals surface area contributed by atoms with Crippen molar-refractivity contribution in [3.8, 4) is 0 Å². The Kier molecular flexibility index (Phi) is 4.80. The summed E-state index contributed by atoms with van der Waals surface area (Å²) in [7, 11) is 0. The molecule has 2 atom stereocenters. The predicted octanol–water partition coefficient (Wildman–Crippen LogP) is 2.98. The Morgan fingerprint density at radius 1 is 0.857 bits per heavy atom. The van der Waals surface area contributed by atoms with Gasteiger partial charge in [0.25, 0.3) is 0 Å². The van der Waals surface area contributed by atoms with Gasteiger partial charge in [-0.1, -0.05) is 0 Å². The third-order valence-corrected chi connectivity index (χ3v) is 5.74. The predicted molar refractivity (Wildman–Crippen MR) is 86.6 cm³/mol. The SMILES string of the molecule is Cl.O=C(CC1CC2CCC(C1)N2)N(CC1CC1)CC1CC1. The van der Waals surface area contributed by atoms with Gasteiger partial charge in [0.2, 0.25) is 5.91 Å². The molecule has 2 heterocycles. The molecule has 1 N–H and O–H groups in total. The van der Waals surface area contributed by atoms with Crippen LogP contribution in [-0.2, 0) is 4.79 Å². The maximum absolute atomic E-state index is 12.7. The monoisotopic (exact) mass is 312 g/mol. The molecule has 2 saturated carbocycles. The summed E-state index contributed by atoms with van der Waals surface area (Å²) in [6.07, 6.45) is 11.4. The lowest BCUT2D eigenvalue weighted by molar-refractivity contribution is -0.133. The molecule has 1 amide bonds. The van der Waals surface area contributed by atoms with Crippen molar-refractivity contribution >= 4 is 18.3 Å². The van der Waals surface area contributed by atoms with Crippen molar-refractivity contribution in [2.75, 3.05) is 13.1 Å². The fraction of sp³-hybridized carbons (Fsp3) is 0.941. The first-order valence-corrected chi connectivity index (χ1v) is 8.80. The fourth-order valence-electron chi connectivity index (χ4n) is 4.22. The Morgan fingerprint density at radius 3 is 1.86 bits per heavy atom. The Hall–Kier alpha value is -0.280. The summed E-state index contributed by atoms with van der Waals surface area (Å²) in [6, 6.07) is 1.43. The zero-order valence-corrected chi connectivity index (χ0v) is 13.7. The van der Waals surface area contributed by atoms with Crippen LogP contribution in [0.1, 0.15) is 57.8 Å².